The number of hydrogen-bond acceptors (Lipinski definition) is 2. The summed E-state index contributed by atoms with van der Waals surface area (Å²) < 4.78 is 38.9. The van der Waals surface area contributed by atoms with Crippen LogP contribution in [0.1, 0.15) is 36.8 Å². The van der Waals surface area contributed by atoms with E-state index >= 15 is 0 Å². The smallest absolute Gasteiger partial charge is 0.300 e. The summed E-state index contributed by atoms with van der Waals surface area (Å²) in [4.78, 5) is 12.5. The van der Waals surface area contributed by atoms with E-state index < -0.39 is 11.7 Å². The lowest BCUT2D eigenvalue weighted by Gasteiger charge is -2.37. The topological polar surface area (TPSA) is 17.1 Å². The Morgan fingerprint density at radius 2 is 1.48 bits per heavy atom. The molecule has 1 saturated carbocycles. The average Bonchev–Trinajstić information content (AvgIpc) is 2.57. The van der Waals surface area contributed by atoms with Gasteiger partial charge < -0.3 is 0 Å². The minimum Gasteiger partial charge on any atom is -0.300 e. The van der Waals surface area contributed by atoms with Crippen molar-refractivity contribution < 1.29 is 18.0 Å². The highest BCUT2D eigenvalue weighted by atomic mass is 79.9. The van der Waals surface area contributed by atoms with Crippen molar-refractivity contribution >= 4 is 33.5 Å². The van der Waals surface area contributed by atoms with Crippen LogP contribution in [0.25, 0.3) is 0 Å². The van der Waals surface area contributed by atoms with E-state index in [1.807, 2.05) is 24.3 Å². The molecule has 25 heavy (non-hydrogen) atoms. The van der Waals surface area contributed by atoms with Crippen LogP contribution in [0.3, 0.4) is 0 Å². The van der Waals surface area contributed by atoms with Gasteiger partial charge in [0.25, 0.3) is 0 Å². The molecule has 0 heterocycles. The quantitative estimate of drug-likeness (QED) is 0.547. The number of Topliss-reactive ketones (excluding diaryl/α,β-unsaturated/α-hetero) is 1. The van der Waals surface area contributed by atoms with E-state index in [1.54, 1.807) is 11.8 Å². The van der Waals surface area contributed by atoms with Gasteiger partial charge in [-0.3, -0.25) is 4.79 Å². The zero-order valence-electron chi connectivity index (χ0n) is 13.3. The van der Waals surface area contributed by atoms with E-state index in [1.165, 1.54) is 12.1 Å². The lowest BCUT2D eigenvalue weighted by Crippen LogP contribution is -2.28. The van der Waals surface area contributed by atoms with Crippen LogP contribution in [-0.2, 0) is 15.7 Å². The molecule has 0 atom stereocenters. The molecule has 1 nitrogen and oxygen atoms in total. The zero-order valence-corrected chi connectivity index (χ0v) is 15.7. The molecule has 1 fully saturated rings. The second-order valence-corrected chi connectivity index (χ2v) is 8.54. The Morgan fingerprint density at radius 3 is 2.00 bits per heavy atom. The van der Waals surface area contributed by atoms with Gasteiger partial charge in [-0.25, -0.2) is 0 Å². The Balaban J connectivity index is 1.90. The summed E-state index contributed by atoms with van der Waals surface area (Å²) in [5.41, 5.74) is 0.460. The van der Waals surface area contributed by atoms with Gasteiger partial charge in [0.2, 0.25) is 0 Å². The normalized spacial score (nSPS) is 17.5. The van der Waals surface area contributed by atoms with Crippen molar-refractivity contribution in [2.75, 3.05) is 0 Å². The van der Waals surface area contributed by atoms with Crippen LogP contribution in [0.5, 0.6) is 0 Å². The molecule has 0 radical (unpaired) electrons. The molecule has 1 aliphatic carbocycles. The van der Waals surface area contributed by atoms with Gasteiger partial charge in [-0.2, -0.15) is 13.2 Å². The molecular formula is C19H16BrF3OS. The molecule has 0 saturated heterocycles. The van der Waals surface area contributed by atoms with Gasteiger partial charge in [0.05, 0.1) is 5.56 Å². The van der Waals surface area contributed by atoms with Gasteiger partial charge in [0.15, 0.2) is 0 Å². The number of ketones is 1. The van der Waals surface area contributed by atoms with Crippen LogP contribution in [0.4, 0.5) is 13.2 Å². The summed E-state index contributed by atoms with van der Waals surface area (Å²) in [6.45, 7) is 0. The van der Waals surface area contributed by atoms with Gasteiger partial charge in [-0.15, -0.1) is 11.8 Å². The van der Waals surface area contributed by atoms with E-state index in [2.05, 4.69) is 15.9 Å². The fraction of sp³-hybridized carbons (Fsp3) is 0.316. The van der Waals surface area contributed by atoms with Crippen LogP contribution >= 0.6 is 27.7 Å². The van der Waals surface area contributed by atoms with Gasteiger partial charge in [-0.1, -0.05) is 28.1 Å². The molecule has 0 amide bonds. The molecule has 0 aromatic heterocycles. The summed E-state index contributed by atoms with van der Waals surface area (Å²) in [5, 5.41) is 0. The van der Waals surface area contributed by atoms with Crippen molar-refractivity contribution in [1.82, 2.24) is 0 Å². The second kappa shape index (κ2) is 7.16. The Kier molecular flexibility index (Phi) is 5.30. The van der Waals surface area contributed by atoms with E-state index in [0.29, 0.717) is 25.7 Å². The maximum absolute atomic E-state index is 12.8. The van der Waals surface area contributed by atoms with Crippen LogP contribution in [0.15, 0.2) is 57.9 Å². The minimum atomic E-state index is -4.33. The lowest BCUT2D eigenvalue weighted by molar-refractivity contribution is -0.137. The first kappa shape index (κ1) is 18.5. The highest BCUT2D eigenvalue weighted by molar-refractivity contribution is 9.10. The van der Waals surface area contributed by atoms with Crippen LogP contribution in [-0.4, -0.2) is 5.78 Å². The number of thioether (sulfide) groups is 1. The zero-order chi connectivity index (χ0) is 18.1. The van der Waals surface area contributed by atoms with Gasteiger partial charge in [0, 0.05) is 27.0 Å². The molecule has 0 spiro atoms. The number of rotatable bonds is 3. The predicted octanol–water partition coefficient (Wildman–Crippen LogP) is 6.60. The first-order valence-corrected chi connectivity index (χ1v) is 9.53. The lowest BCUT2D eigenvalue weighted by atomic mass is 9.82. The SMILES string of the molecule is O=C1CCC(Sc2ccc(C(F)(F)F)cc2)(c2ccc(Br)cc2)CC1. The van der Waals surface area contributed by atoms with Crippen molar-refractivity contribution in [2.24, 2.45) is 0 Å². The summed E-state index contributed by atoms with van der Waals surface area (Å²) in [7, 11) is 0. The first-order chi connectivity index (χ1) is 11.8. The number of halogens is 4. The number of benzene rings is 2. The van der Waals surface area contributed by atoms with E-state index in [0.717, 1.165) is 27.1 Å². The number of carbonyl (C=O) groups is 1. The third-order valence-electron chi connectivity index (χ3n) is 4.48. The number of hydrogen-bond donors (Lipinski definition) is 0. The summed E-state index contributed by atoms with van der Waals surface area (Å²) in [6, 6.07) is 13.2. The molecular weight excluding hydrogens is 413 g/mol. The van der Waals surface area contributed by atoms with Crippen molar-refractivity contribution in [3.05, 3.63) is 64.1 Å². The molecule has 2 aromatic carbocycles. The third-order valence-corrected chi connectivity index (χ3v) is 6.55. The highest BCUT2D eigenvalue weighted by Crippen LogP contribution is 2.51. The summed E-state index contributed by atoms with van der Waals surface area (Å²) in [5.74, 6) is 0.251. The Hall–Kier alpha value is -1.27. The highest BCUT2D eigenvalue weighted by Gasteiger charge is 2.38. The van der Waals surface area contributed by atoms with Crippen LogP contribution in [0, 0.1) is 0 Å². The maximum Gasteiger partial charge on any atom is 0.416 e. The predicted molar refractivity (Wildman–Crippen MR) is 96.6 cm³/mol. The maximum atomic E-state index is 12.8. The second-order valence-electron chi connectivity index (χ2n) is 6.16. The molecule has 0 unspecified atom stereocenters. The first-order valence-electron chi connectivity index (χ1n) is 7.93. The van der Waals surface area contributed by atoms with Gasteiger partial charge >= 0.3 is 6.18 Å². The third kappa shape index (κ3) is 4.29. The Labute approximate surface area is 157 Å². The summed E-state index contributed by atoms with van der Waals surface area (Å²) in [6.07, 6.45) is -1.93. The van der Waals surface area contributed by atoms with E-state index in [9.17, 15) is 18.0 Å². The van der Waals surface area contributed by atoms with Crippen molar-refractivity contribution in [2.45, 2.75) is 41.5 Å². The Bertz CT molecular complexity index is 744. The van der Waals surface area contributed by atoms with Crippen molar-refractivity contribution in [3.8, 4) is 0 Å². The van der Waals surface area contributed by atoms with Crippen molar-refractivity contribution in [3.63, 3.8) is 0 Å². The molecule has 0 N–H and O–H groups in total. The molecule has 2 aromatic rings. The van der Waals surface area contributed by atoms with E-state index in [4.69, 9.17) is 0 Å². The fourth-order valence-electron chi connectivity index (χ4n) is 3.07. The molecule has 0 bridgehead atoms. The molecule has 1 aliphatic rings. The fourth-order valence-corrected chi connectivity index (χ4v) is 4.72. The summed E-state index contributed by atoms with van der Waals surface area (Å²) >= 11 is 4.98. The van der Waals surface area contributed by atoms with Crippen LogP contribution < -0.4 is 0 Å². The molecule has 3 rings (SSSR count). The molecule has 6 heteroatoms. The monoisotopic (exact) mass is 428 g/mol. The minimum absolute atomic E-state index is 0.251. The molecule has 0 aliphatic heterocycles. The van der Waals surface area contributed by atoms with Gasteiger partial charge in [0.1, 0.15) is 5.78 Å². The Morgan fingerprint density at radius 1 is 0.920 bits per heavy atom. The standard InChI is InChI=1S/C19H16BrF3OS/c20-15-5-1-13(2-6-15)18(11-9-16(24)10-12-18)25-17-7-3-14(4-8-17)19(21,22)23/h1-8H,9-12H2. The van der Waals surface area contributed by atoms with E-state index in [-0.39, 0.29) is 10.5 Å². The van der Waals surface area contributed by atoms with Crippen LogP contribution in [0.2, 0.25) is 0 Å². The largest absolute Gasteiger partial charge is 0.416 e. The van der Waals surface area contributed by atoms with Gasteiger partial charge in [-0.05, 0) is 54.8 Å². The molecule has 132 valence electrons. The van der Waals surface area contributed by atoms with Crippen molar-refractivity contribution in [1.29, 1.82) is 0 Å². The average molecular weight is 429 g/mol. The number of alkyl halides is 3. The number of carbonyl (C=O) groups excluding carboxylic acids is 1.